The summed E-state index contributed by atoms with van der Waals surface area (Å²) in [4.78, 5) is 4.81. The first-order valence-electron chi connectivity index (χ1n) is 8.54. The van der Waals surface area contributed by atoms with E-state index in [1.165, 1.54) is 11.8 Å². The highest BCUT2D eigenvalue weighted by atomic mass is 35.5. The fourth-order valence-corrected chi connectivity index (χ4v) is 4.14. The van der Waals surface area contributed by atoms with Crippen LogP contribution in [0.3, 0.4) is 0 Å². The number of rotatable bonds is 4. The number of nitrogens with zero attached hydrogens (tertiary/aromatic N) is 6. The monoisotopic (exact) mass is 404 g/mol. The largest absolute Gasteiger partial charge is 0.294 e. The van der Waals surface area contributed by atoms with Gasteiger partial charge in [-0.25, -0.2) is 4.98 Å². The summed E-state index contributed by atoms with van der Waals surface area (Å²) in [5.74, 6) is 0. The summed E-state index contributed by atoms with van der Waals surface area (Å²) in [6, 6.07) is 23.4. The summed E-state index contributed by atoms with van der Waals surface area (Å²) in [5.41, 5.74) is 3.52. The zero-order valence-electron chi connectivity index (χ0n) is 14.5. The molecule has 0 fully saturated rings. The maximum absolute atomic E-state index is 6.22. The normalized spacial score (nSPS) is 11.2. The summed E-state index contributed by atoms with van der Waals surface area (Å²) >= 11 is 7.68. The smallest absolute Gasteiger partial charge is 0.220 e. The van der Waals surface area contributed by atoms with Gasteiger partial charge in [-0.15, -0.1) is 5.10 Å². The number of imidazole rings is 1. The number of hydrogen-bond donors (Lipinski definition) is 0. The molecule has 5 rings (SSSR count). The maximum Gasteiger partial charge on any atom is 0.220 e. The highest BCUT2D eigenvalue weighted by Crippen LogP contribution is 2.36. The van der Waals surface area contributed by atoms with Crippen LogP contribution >= 0.6 is 23.4 Å². The van der Waals surface area contributed by atoms with E-state index in [4.69, 9.17) is 16.6 Å². The van der Waals surface area contributed by atoms with Crippen molar-refractivity contribution < 1.29 is 0 Å². The Hall–Kier alpha value is -3.16. The first-order chi connectivity index (χ1) is 13.8. The Balaban J connectivity index is 1.66. The lowest BCUT2D eigenvalue weighted by molar-refractivity contribution is 0.755. The SMILES string of the molecule is Clc1cccc(-c2nc3ccccn3c2Sc2nnnn2-c2ccccc2)c1. The molecule has 2 aromatic carbocycles. The Labute approximate surface area is 169 Å². The molecule has 136 valence electrons. The molecule has 3 heterocycles. The number of tetrazole rings is 1. The molecule has 8 heteroatoms. The summed E-state index contributed by atoms with van der Waals surface area (Å²) < 4.78 is 3.75. The van der Waals surface area contributed by atoms with Gasteiger partial charge in [0.2, 0.25) is 5.16 Å². The van der Waals surface area contributed by atoms with Crippen molar-refractivity contribution in [2.45, 2.75) is 10.2 Å². The van der Waals surface area contributed by atoms with Gasteiger partial charge < -0.3 is 0 Å². The van der Waals surface area contributed by atoms with Crippen molar-refractivity contribution in [2.75, 3.05) is 0 Å². The van der Waals surface area contributed by atoms with E-state index in [2.05, 4.69) is 15.5 Å². The van der Waals surface area contributed by atoms with E-state index >= 15 is 0 Å². The minimum atomic E-state index is 0.653. The van der Waals surface area contributed by atoms with Crippen LogP contribution in [0.1, 0.15) is 0 Å². The van der Waals surface area contributed by atoms with Crippen LogP contribution in [-0.2, 0) is 0 Å². The van der Waals surface area contributed by atoms with Crippen molar-refractivity contribution in [1.29, 1.82) is 0 Å². The lowest BCUT2D eigenvalue weighted by Crippen LogP contribution is -1.99. The Kier molecular flexibility index (Phi) is 4.31. The van der Waals surface area contributed by atoms with Gasteiger partial charge in [0, 0.05) is 16.8 Å². The summed E-state index contributed by atoms with van der Waals surface area (Å²) in [6.07, 6.45) is 1.98. The van der Waals surface area contributed by atoms with E-state index in [1.54, 1.807) is 4.68 Å². The number of para-hydroxylation sites is 1. The van der Waals surface area contributed by atoms with E-state index in [0.717, 1.165) is 27.6 Å². The van der Waals surface area contributed by atoms with Crippen LogP contribution in [0, 0.1) is 0 Å². The molecule has 0 saturated carbocycles. The lowest BCUT2D eigenvalue weighted by atomic mass is 10.2. The zero-order valence-corrected chi connectivity index (χ0v) is 16.0. The molecule has 0 aliphatic heterocycles. The Bertz CT molecular complexity index is 1260. The first-order valence-corrected chi connectivity index (χ1v) is 9.74. The van der Waals surface area contributed by atoms with Gasteiger partial charge in [-0.1, -0.05) is 48.0 Å². The molecule has 0 bridgehead atoms. The van der Waals surface area contributed by atoms with E-state index in [0.29, 0.717) is 10.2 Å². The van der Waals surface area contributed by atoms with Gasteiger partial charge in [0.1, 0.15) is 16.4 Å². The van der Waals surface area contributed by atoms with E-state index in [9.17, 15) is 0 Å². The minimum absolute atomic E-state index is 0.653. The second-order valence-corrected chi connectivity index (χ2v) is 7.41. The summed E-state index contributed by atoms with van der Waals surface area (Å²) in [5, 5.41) is 14.5. The van der Waals surface area contributed by atoms with Crippen molar-refractivity contribution >= 4 is 29.0 Å². The van der Waals surface area contributed by atoms with Crippen molar-refractivity contribution in [3.05, 3.63) is 84.0 Å². The third-order valence-corrected chi connectivity index (χ3v) is 5.47. The van der Waals surface area contributed by atoms with Crippen molar-refractivity contribution in [1.82, 2.24) is 29.6 Å². The van der Waals surface area contributed by atoms with Gasteiger partial charge in [-0.2, -0.15) is 4.68 Å². The van der Waals surface area contributed by atoms with Crippen molar-refractivity contribution in [2.24, 2.45) is 0 Å². The Morgan fingerprint density at radius 2 is 1.75 bits per heavy atom. The highest BCUT2D eigenvalue weighted by molar-refractivity contribution is 7.99. The van der Waals surface area contributed by atoms with Gasteiger partial charge in [-0.3, -0.25) is 4.40 Å². The molecule has 0 aliphatic carbocycles. The van der Waals surface area contributed by atoms with Crippen molar-refractivity contribution in [3.63, 3.8) is 0 Å². The summed E-state index contributed by atoms with van der Waals surface area (Å²) in [7, 11) is 0. The number of fused-ring (bicyclic) bond motifs is 1. The molecular formula is C20H13ClN6S. The van der Waals surface area contributed by atoms with Gasteiger partial charge in [-0.05, 0) is 58.6 Å². The Morgan fingerprint density at radius 3 is 2.61 bits per heavy atom. The molecule has 0 amide bonds. The lowest BCUT2D eigenvalue weighted by Gasteiger charge is -2.06. The average molecular weight is 405 g/mol. The third-order valence-electron chi connectivity index (χ3n) is 4.21. The topological polar surface area (TPSA) is 60.9 Å². The van der Waals surface area contributed by atoms with Crippen LogP contribution in [0.25, 0.3) is 22.6 Å². The van der Waals surface area contributed by atoms with Crippen LogP contribution in [0.5, 0.6) is 0 Å². The number of benzene rings is 2. The van der Waals surface area contributed by atoms with Gasteiger partial charge in [0.05, 0.1) is 5.69 Å². The number of hydrogen-bond acceptors (Lipinski definition) is 5. The average Bonchev–Trinajstić information content (AvgIpc) is 3.34. The molecule has 6 nitrogen and oxygen atoms in total. The maximum atomic E-state index is 6.22. The molecular weight excluding hydrogens is 392 g/mol. The number of aromatic nitrogens is 6. The minimum Gasteiger partial charge on any atom is -0.294 e. The zero-order chi connectivity index (χ0) is 18.9. The fraction of sp³-hybridized carbons (Fsp3) is 0. The van der Waals surface area contributed by atoms with Gasteiger partial charge in [0.25, 0.3) is 0 Å². The molecule has 0 atom stereocenters. The van der Waals surface area contributed by atoms with Crippen LogP contribution < -0.4 is 0 Å². The molecule has 0 unspecified atom stereocenters. The van der Waals surface area contributed by atoms with Crippen molar-refractivity contribution in [3.8, 4) is 16.9 Å². The molecule has 0 spiro atoms. The predicted molar refractivity (Wildman–Crippen MR) is 109 cm³/mol. The molecule has 28 heavy (non-hydrogen) atoms. The van der Waals surface area contributed by atoms with Gasteiger partial charge >= 0.3 is 0 Å². The predicted octanol–water partition coefficient (Wildman–Crippen LogP) is 4.78. The number of pyridine rings is 1. The molecule has 0 radical (unpaired) electrons. The molecule has 0 saturated heterocycles. The fourth-order valence-electron chi connectivity index (χ4n) is 2.95. The van der Waals surface area contributed by atoms with E-state index < -0.39 is 0 Å². The molecule has 0 aliphatic rings. The van der Waals surface area contributed by atoms with Gasteiger partial charge in [0.15, 0.2) is 0 Å². The van der Waals surface area contributed by atoms with E-state index in [1.807, 2.05) is 83.4 Å². The number of halogens is 1. The quantitative estimate of drug-likeness (QED) is 0.431. The van der Waals surface area contributed by atoms with Crippen LogP contribution in [0.2, 0.25) is 5.02 Å². The Morgan fingerprint density at radius 1 is 0.893 bits per heavy atom. The molecule has 5 aromatic rings. The standard InChI is InChI=1S/C20H13ClN6S/c21-15-8-6-7-14(13-15)18-19(26-12-5-4-11-17(26)22-18)28-20-23-24-25-27(20)16-9-2-1-3-10-16/h1-13H. The second-order valence-electron chi connectivity index (χ2n) is 6.02. The van der Waals surface area contributed by atoms with E-state index in [-0.39, 0.29) is 0 Å². The molecule has 0 N–H and O–H groups in total. The molecule has 3 aromatic heterocycles. The van der Waals surface area contributed by atoms with Crippen LogP contribution in [0.15, 0.2) is 89.2 Å². The van der Waals surface area contributed by atoms with Crippen LogP contribution in [-0.4, -0.2) is 29.6 Å². The first kappa shape index (κ1) is 17.0. The second kappa shape index (κ2) is 7.10. The summed E-state index contributed by atoms with van der Waals surface area (Å²) in [6.45, 7) is 0. The third kappa shape index (κ3) is 3.04. The highest BCUT2D eigenvalue weighted by Gasteiger charge is 2.19. The van der Waals surface area contributed by atoms with Crippen LogP contribution in [0.4, 0.5) is 0 Å².